The number of ether oxygens (including phenoxy) is 2. The largest absolute Gasteiger partial charge is 0.497 e. The second-order valence-corrected chi connectivity index (χ2v) is 6.74. The molecule has 2 rings (SSSR count). The zero-order valence-electron chi connectivity index (χ0n) is 14.2. The Bertz CT molecular complexity index is 735. The van der Waals surface area contributed by atoms with Crippen molar-refractivity contribution >= 4 is 23.4 Å². The summed E-state index contributed by atoms with van der Waals surface area (Å²) in [5.74, 6) is 0.343. The minimum absolute atomic E-state index is 0.0279. The molecule has 0 saturated heterocycles. The van der Waals surface area contributed by atoms with Gasteiger partial charge in [0.2, 0.25) is 5.91 Å². The summed E-state index contributed by atoms with van der Waals surface area (Å²) in [5, 5.41) is 2.15. The Morgan fingerprint density at radius 2 is 1.81 bits per heavy atom. The first-order valence-electron chi connectivity index (χ1n) is 7.68. The van der Waals surface area contributed by atoms with Crippen LogP contribution in [0.5, 0.6) is 11.5 Å². The van der Waals surface area contributed by atoms with Gasteiger partial charge in [-0.1, -0.05) is 12.1 Å². The van der Waals surface area contributed by atoms with Gasteiger partial charge in [-0.3, -0.25) is 4.79 Å². The fourth-order valence-corrected chi connectivity index (χ4v) is 2.87. The maximum Gasteiger partial charge on any atom is 0.422 e. The van der Waals surface area contributed by atoms with Crippen molar-refractivity contribution in [1.29, 1.82) is 0 Å². The molecule has 0 aliphatic carbocycles. The van der Waals surface area contributed by atoms with Crippen LogP contribution in [-0.4, -0.2) is 31.1 Å². The van der Waals surface area contributed by atoms with Crippen LogP contribution >= 0.6 is 11.8 Å². The highest BCUT2D eigenvalue weighted by atomic mass is 32.2. The Morgan fingerprint density at radius 3 is 2.42 bits per heavy atom. The first kappa shape index (κ1) is 20.0. The molecule has 0 aliphatic rings. The molecule has 26 heavy (non-hydrogen) atoms. The topological polar surface area (TPSA) is 47.6 Å². The summed E-state index contributed by atoms with van der Waals surface area (Å²) in [7, 11) is 1.57. The zero-order valence-corrected chi connectivity index (χ0v) is 15.0. The van der Waals surface area contributed by atoms with Gasteiger partial charge in [-0.25, -0.2) is 0 Å². The highest BCUT2D eigenvalue weighted by Gasteiger charge is 2.29. The highest BCUT2D eigenvalue weighted by molar-refractivity contribution is 8.00. The lowest BCUT2D eigenvalue weighted by Crippen LogP contribution is -2.24. The fourth-order valence-electron chi connectivity index (χ4n) is 2.00. The number of alkyl halides is 3. The molecule has 0 radical (unpaired) electrons. The molecule has 2 aromatic rings. The molecule has 0 aliphatic heterocycles. The normalized spacial score (nSPS) is 12.3. The van der Waals surface area contributed by atoms with Crippen molar-refractivity contribution < 1.29 is 27.4 Å². The lowest BCUT2D eigenvalue weighted by Gasteiger charge is -2.16. The Labute approximate surface area is 153 Å². The molecule has 0 bridgehead atoms. The van der Waals surface area contributed by atoms with Crippen molar-refractivity contribution in [3.05, 3.63) is 48.5 Å². The predicted molar refractivity (Wildman–Crippen MR) is 94.9 cm³/mol. The Hall–Kier alpha value is -2.35. The maximum absolute atomic E-state index is 12.4. The lowest BCUT2D eigenvalue weighted by atomic mass is 10.3. The number of para-hydroxylation sites is 2. The molecule has 0 saturated carbocycles. The first-order chi connectivity index (χ1) is 12.3. The molecular weight excluding hydrogens is 367 g/mol. The number of amides is 1. The first-order valence-corrected chi connectivity index (χ1v) is 8.56. The summed E-state index contributed by atoms with van der Waals surface area (Å²) >= 11 is 1.33. The van der Waals surface area contributed by atoms with Crippen LogP contribution in [0.1, 0.15) is 6.92 Å². The van der Waals surface area contributed by atoms with Crippen molar-refractivity contribution in [2.45, 2.75) is 23.2 Å². The number of hydrogen-bond donors (Lipinski definition) is 1. The number of hydrogen-bond acceptors (Lipinski definition) is 4. The van der Waals surface area contributed by atoms with Gasteiger partial charge < -0.3 is 14.8 Å². The van der Waals surface area contributed by atoms with Gasteiger partial charge in [-0.05, 0) is 43.3 Å². The van der Waals surface area contributed by atoms with E-state index in [4.69, 9.17) is 9.47 Å². The summed E-state index contributed by atoms with van der Waals surface area (Å²) in [6, 6.07) is 13.2. The number of methoxy groups -OCH3 is 1. The number of nitrogens with one attached hydrogen (secondary N) is 1. The number of halogens is 3. The minimum atomic E-state index is -4.45. The van der Waals surface area contributed by atoms with E-state index < -0.39 is 18.0 Å². The van der Waals surface area contributed by atoms with Gasteiger partial charge >= 0.3 is 6.18 Å². The standard InChI is InChI=1S/C18H18F3NO3S/c1-12(26-14-9-7-13(24-2)8-10-14)17(23)22-15-5-3-4-6-16(15)25-11-18(19,20)21/h3-10,12H,11H2,1-2H3,(H,22,23). The summed E-state index contributed by atoms with van der Waals surface area (Å²) in [6.45, 7) is 0.291. The zero-order chi connectivity index (χ0) is 19.2. The van der Waals surface area contributed by atoms with Crippen LogP contribution in [0, 0.1) is 0 Å². The van der Waals surface area contributed by atoms with E-state index in [1.807, 2.05) is 12.1 Å². The average molecular weight is 385 g/mol. The van der Waals surface area contributed by atoms with E-state index in [0.29, 0.717) is 5.75 Å². The van der Waals surface area contributed by atoms with Gasteiger partial charge in [0.15, 0.2) is 6.61 Å². The lowest BCUT2D eigenvalue weighted by molar-refractivity contribution is -0.153. The molecule has 1 atom stereocenters. The second-order valence-electron chi connectivity index (χ2n) is 5.32. The van der Waals surface area contributed by atoms with Crippen LogP contribution < -0.4 is 14.8 Å². The molecule has 8 heteroatoms. The van der Waals surface area contributed by atoms with Crippen molar-refractivity contribution in [2.24, 2.45) is 0 Å². The predicted octanol–water partition coefficient (Wildman–Crippen LogP) is 4.76. The van der Waals surface area contributed by atoms with Gasteiger partial charge in [0.05, 0.1) is 18.0 Å². The smallest absolute Gasteiger partial charge is 0.422 e. The average Bonchev–Trinajstić information content (AvgIpc) is 2.61. The molecule has 4 nitrogen and oxygen atoms in total. The molecule has 0 fully saturated rings. The summed E-state index contributed by atoms with van der Waals surface area (Å²) in [4.78, 5) is 13.2. The maximum atomic E-state index is 12.4. The number of thioether (sulfide) groups is 1. The van der Waals surface area contributed by atoms with Crippen molar-refractivity contribution in [3.8, 4) is 11.5 Å². The van der Waals surface area contributed by atoms with Crippen LogP contribution in [-0.2, 0) is 4.79 Å². The van der Waals surface area contributed by atoms with E-state index in [9.17, 15) is 18.0 Å². The second kappa shape index (κ2) is 8.84. The SMILES string of the molecule is COc1ccc(SC(C)C(=O)Nc2ccccc2OCC(F)(F)F)cc1. The summed E-state index contributed by atoms with van der Waals surface area (Å²) < 4.78 is 46.9. The summed E-state index contributed by atoms with van der Waals surface area (Å²) in [6.07, 6.45) is -4.45. The Kier molecular flexibility index (Phi) is 6.79. The number of anilines is 1. The van der Waals surface area contributed by atoms with E-state index in [0.717, 1.165) is 4.90 Å². The van der Waals surface area contributed by atoms with Crippen molar-refractivity contribution in [3.63, 3.8) is 0 Å². The Morgan fingerprint density at radius 1 is 1.15 bits per heavy atom. The third-order valence-corrected chi connectivity index (χ3v) is 4.39. The number of carbonyl (C=O) groups is 1. The molecule has 1 N–H and O–H groups in total. The third-order valence-electron chi connectivity index (χ3n) is 3.28. The molecule has 0 heterocycles. The van der Waals surface area contributed by atoms with Crippen molar-refractivity contribution in [2.75, 3.05) is 19.0 Å². The number of rotatable bonds is 7. The van der Waals surface area contributed by atoms with Crippen LogP contribution in [0.3, 0.4) is 0 Å². The quantitative estimate of drug-likeness (QED) is 0.699. The minimum Gasteiger partial charge on any atom is -0.497 e. The van der Waals surface area contributed by atoms with E-state index in [-0.39, 0.29) is 17.3 Å². The van der Waals surface area contributed by atoms with Gasteiger partial charge in [0.25, 0.3) is 0 Å². The van der Waals surface area contributed by atoms with E-state index in [2.05, 4.69) is 5.32 Å². The molecule has 2 aromatic carbocycles. The molecule has 140 valence electrons. The fraction of sp³-hybridized carbons (Fsp3) is 0.278. The highest BCUT2D eigenvalue weighted by Crippen LogP contribution is 2.29. The Balaban J connectivity index is 1.99. The van der Waals surface area contributed by atoms with E-state index >= 15 is 0 Å². The van der Waals surface area contributed by atoms with Crippen LogP contribution in [0.2, 0.25) is 0 Å². The number of benzene rings is 2. The van der Waals surface area contributed by atoms with Crippen LogP contribution in [0.15, 0.2) is 53.4 Å². The summed E-state index contributed by atoms with van der Waals surface area (Å²) in [5.41, 5.74) is 0.198. The van der Waals surface area contributed by atoms with E-state index in [1.165, 1.54) is 30.0 Å². The number of carbonyl (C=O) groups excluding carboxylic acids is 1. The van der Waals surface area contributed by atoms with E-state index in [1.54, 1.807) is 32.2 Å². The molecule has 1 unspecified atom stereocenters. The molecule has 1 amide bonds. The van der Waals surface area contributed by atoms with Crippen LogP contribution in [0.4, 0.5) is 18.9 Å². The molecular formula is C18H18F3NO3S. The monoisotopic (exact) mass is 385 g/mol. The van der Waals surface area contributed by atoms with Gasteiger partial charge in [-0.2, -0.15) is 13.2 Å². The third kappa shape index (κ3) is 6.18. The van der Waals surface area contributed by atoms with Gasteiger partial charge in [-0.15, -0.1) is 11.8 Å². The van der Waals surface area contributed by atoms with Gasteiger partial charge in [0.1, 0.15) is 11.5 Å². The molecule has 0 aromatic heterocycles. The van der Waals surface area contributed by atoms with Crippen LogP contribution in [0.25, 0.3) is 0 Å². The molecule has 0 spiro atoms. The van der Waals surface area contributed by atoms with Gasteiger partial charge in [0, 0.05) is 4.90 Å². The van der Waals surface area contributed by atoms with Crippen molar-refractivity contribution in [1.82, 2.24) is 0 Å².